The Bertz CT molecular complexity index is 767. The van der Waals surface area contributed by atoms with Gasteiger partial charge in [-0.3, -0.25) is 0 Å². The summed E-state index contributed by atoms with van der Waals surface area (Å²) in [7, 11) is 0. The van der Waals surface area contributed by atoms with Crippen LogP contribution < -0.4 is 5.63 Å². The van der Waals surface area contributed by atoms with Gasteiger partial charge in [-0.25, -0.2) is 4.79 Å². The molecule has 1 aliphatic rings. The molecule has 0 spiro atoms. The molecule has 1 saturated heterocycles. The van der Waals surface area contributed by atoms with Crippen LogP contribution in [-0.2, 0) is 10.3 Å². The quantitative estimate of drug-likeness (QED) is 0.417. The molecular weight excluding hydrogens is 308 g/mol. The van der Waals surface area contributed by atoms with E-state index in [9.17, 15) is 30.3 Å². The van der Waals surface area contributed by atoms with Gasteiger partial charge in [-0.1, -0.05) is 12.1 Å². The normalized spacial score (nSPS) is 34.7. The zero-order valence-electron chi connectivity index (χ0n) is 11.9. The number of aliphatic hydroxyl groups is 5. The summed E-state index contributed by atoms with van der Waals surface area (Å²) in [6.45, 7) is -0.714. The molecule has 8 heteroatoms. The van der Waals surface area contributed by atoms with Gasteiger partial charge in [0.1, 0.15) is 29.5 Å². The molecule has 1 aromatic carbocycles. The Morgan fingerprint density at radius 3 is 2.52 bits per heavy atom. The predicted molar refractivity (Wildman–Crippen MR) is 76.4 cm³/mol. The minimum Gasteiger partial charge on any atom is -0.423 e. The zero-order valence-corrected chi connectivity index (χ0v) is 11.9. The van der Waals surface area contributed by atoms with Crippen LogP contribution in [0.4, 0.5) is 0 Å². The summed E-state index contributed by atoms with van der Waals surface area (Å²) in [5.74, 6) is 0. The first-order chi connectivity index (χ1) is 10.9. The number of hydrogen-bond donors (Lipinski definition) is 5. The van der Waals surface area contributed by atoms with Crippen molar-refractivity contribution in [2.24, 2.45) is 0 Å². The highest BCUT2D eigenvalue weighted by Crippen LogP contribution is 2.38. The molecule has 2 aromatic rings. The fourth-order valence-electron chi connectivity index (χ4n) is 2.81. The van der Waals surface area contributed by atoms with Crippen LogP contribution in [0.25, 0.3) is 11.0 Å². The highest BCUT2D eigenvalue weighted by atomic mass is 16.6. The van der Waals surface area contributed by atoms with Gasteiger partial charge in [0.15, 0.2) is 6.29 Å². The maximum atomic E-state index is 11.3. The molecule has 3 rings (SSSR count). The van der Waals surface area contributed by atoms with Crippen molar-refractivity contribution in [2.45, 2.75) is 30.2 Å². The lowest BCUT2D eigenvalue weighted by Gasteiger charge is -2.46. The van der Waals surface area contributed by atoms with E-state index in [4.69, 9.17) is 9.15 Å². The molecule has 2 heterocycles. The van der Waals surface area contributed by atoms with Crippen LogP contribution >= 0.6 is 0 Å². The molecule has 0 amide bonds. The maximum absolute atomic E-state index is 11.3. The first-order valence-electron chi connectivity index (χ1n) is 6.95. The summed E-state index contributed by atoms with van der Waals surface area (Å²) in [5.41, 5.74) is -2.56. The third kappa shape index (κ3) is 2.45. The van der Waals surface area contributed by atoms with Crippen LogP contribution in [0.2, 0.25) is 0 Å². The molecule has 124 valence electrons. The molecule has 0 saturated carbocycles. The molecular formula is C15H16O8. The van der Waals surface area contributed by atoms with Crippen molar-refractivity contribution in [3.63, 3.8) is 0 Å². The van der Waals surface area contributed by atoms with E-state index in [-0.39, 0.29) is 11.1 Å². The number of ether oxygens (including phenoxy) is 1. The van der Waals surface area contributed by atoms with E-state index in [1.165, 1.54) is 24.3 Å². The second-order valence-electron chi connectivity index (χ2n) is 5.47. The monoisotopic (exact) mass is 324 g/mol. The first-order valence-corrected chi connectivity index (χ1v) is 6.95. The van der Waals surface area contributed by atoms with E-state index >= 15 is 0 Å². The van der Waals surface area contributed by atoms with E-state index in [1.54, 1.807) is 6.07 Å². The highest BCUT2D eigenvalue weighted by molar-refractivity contribution is 5.77. The van der Waals surface area contributed by atoms with Gasteiger partial charge in [-0.05, 0) is 17.7 Å². The van der Waals surface area contributed by atoms with Crippen molar-refractivity contribution in [1.29, 1.82) is 0 Å². The van der Waals surface area contributed by atoms with E-state index < -0.39 is 42.4 Å². The number of rotatable bonds is 2. The van der Waals surface area contributed by atoms with Crippen molar-refractivity contribution >= 4 is 11.0 Å². The highest BCUT2D eigenvalue weighted by Gasteiger charge is 2.55. The number of benzene rings is 1. The summed E-state index contributed by atoms with van der Waals surface area (Å²) >= 11 is 0. The van der Waals surface area contributed by atoms with Gasteiger partial charge in [-0.2, -0.15) is 0 Å². The van der Waals surface area contributed by atoms with Crippen molar-refractivity contribution < 1.29 is 34.7 Å². The fourth-order valence-corrected chi connectivity index (χ4v) is 2.81. The molecule has 1 fully saturated rings. The van der Waals surface area contributed by atoms with Gasteiger partial charge >= 0.3 is 5.63 Å². The van der Waals surface area contributed by atoms with Crippen molar-refractivity contribution in [1.82, 2.24) is 0 Å². The summed E-state index contributed by atoms with van der Waals surface area (Å²) in [6.07, 6.45) is -6.73. The number of fused-ring (bicyclic) bond motifs is 1. The Balaban J connectivity index is 2.14. The molecule has 5 N–H and O–H groups in total. The van der Waals surface area contributed by atoms with Crippen LogP contribution in [0.5, 0.6) is 0 Å². The molecule has 1 aromatic heterocycles. The second kappa shape index (κ2) is 5.68. The standard InChI is InChI=1S/C15H16O8/c16-6-10-15(21,13(19)12(18)14(20)23-10)8-3-1-7-2-4-11(17)22-9(7)5-8/h1-5,10,12-14,16,18-21H,6H2/t10-,12+,13-,14+,15-/m1/s1. The maximum Gasteiger partial charge on any atom is 0.336 e. The summed E-state index contributed by atoms with van der Waals surface area (Å²) in [6, 6.07) is 7.08. The lowest BCUT2D eigenvalue weighted by atomic mass is 9.78. The third-order valence-corrected chi connectivity index (χ3v) is 4.11. The van der Waals surface area contributed by atoms with Crippen molar-refractivity contribution in [3.8, 4) is 0 Å². The lowest BCUT2D eigenvalue weighted by molar-refractivity contribution is -0.325. The van der Waals surface area contributed by atoms with Crippen molar-refractivity contribution in [2.75, 3.05) is 6.61 Å². The summed E-state index contributed by atoms with van der Waals surface area (Å²) < 4.78 is 10.0. The molecule has 0 bridgehead atoms. The Hall–Kier alpha value is -1.81. The SMILES string of the molecule is O=c1ccc2ccc([C@]3(O)[C@H](O)[C@H](O)[C@@H](O)O[C@@H]3CO)cc2o1. The third-order valence-electron chi connectivity index (χ3n) is 4.11. The summed E-state index contributed by atoms with van der Waals surface area (Å²) in [5, 5.41) is 50.4. The number of aliphatic hydroxyl groups excluding tert-OH is 4. The Kier molecular flexibility index (Phi) is 3.96. The van der Waals surface area contributed by atoms with E-state index in [0.29, 0.717) is 5.39 Å². The van der Waals surface area contributed by atoms with Crippen LogP contribution in [0.3, 0.4) is 0 Å². The minimum absolute atomic E-state index is 0.0665. The summed E-state index contributed by atoms with van der Waals surface area (Å²) in [4.78, 5) is 11.3. The Morgan fingerprint density at radius 1 is 1.13 bits per heavy atom. The first kappa shape index (κ1) is 16.1. The molecule has 8 nitrogen and oxygen atoms in total. The lowest BCUT2D eigenvalue weighted by Crippen LogP contribution is -2.64. The predicted octanol–water partition coefficient (Wildman–Crippen LogP) is -1.59. The zero-order chi connectivity index (χ0) is 16.8. The van der Waals surface area contributed by atoms with Gasteiger partial charge in [0.25, 0.3) is 0 Å². The molecule has 5 atom stereocenters. The van der Waals surface area contributed by atoms with Gasteiger partial charge in [0.2, 0.25) is 0 Å². The van der Waals surface area contributed by atoms with Gasteiger partial charge in [-0.15, -0.1) is 0 Å². The molecule has 0 unspecified atom stereocenters. The molecule has 1 aliphatic heterocycles. The number of hydrogen-bond acceptors (Lipinski definition) is 8. The topological polar surface area (TPSA) is 141 Å². The smallest absolute Gasteiger partial charge is 0.336 e. The van der Waals surface area contributed by atoms with Gasteiger partial charge in [0.05, 0.1) is 6.61 Å². The average molecular weight is 324 g/mol. The van der Waals surface area contributed by atoms with E-state index in [2.05, 4.69) is 0 Å². The van der Waals surface area contributed by atoms with Gasteiger partial charge < -0.3 is 34.7 Å². The van der Waals surface area contributed by atoms with Crippen LogP contribution in [0.1, 0.15) is 5.56 Å². The molecule has 0 aliphatic carbocycles. The fraction of sp³-hybridized carbons (Fsp3) is 0.400. The Morgan fingerprint density at radius 2 is 1.83 bits per heavy atom. The Labute approximate surface area is 129 Å². The minimum atomic E-state index is -2.20. The largest absolute Gasteiger partial charge is 0.423 e. The molecule has 23 heavy (non-hydrogen) atoms. The van der Waals surface area contributed by atoms with Crippen molar-refractivity contribution in [3.05, 3.63) is 46.3 Å². The van der Waals surface area contributed by atoms with E-state index in [1.807, 2.05) is 0 Å². The van der Waals surface area contributed by atoms with E-state index in [0.717, 1.165) is 0 Å². The van der Waals surface area contributed by atoms with Crippen LogP contribution in [0.15, 0.2) is 39.5 Å². The second-order valence-corrected chi connectivity index (χ2v) is 5.47. The molecule has 0 radical (unpaired) electrons. The van der Waals surface area contributed by atoms with Crippen LogP contribution in [-0.4, -0.2) is 56.7 Å². The van der Waals surface area contributed by atoms with Crippen LogP contribution in [0, 0.1) is 0 Å². The van der Waals surface area contributed by atoms with Gasteiger partial charge in [0, 0.05) is 11.5 Å². The average Bonchev–Trinajstić information content (AvgIpc) is 2.55.